The van der Waals surface area contributed by atoms with Crippen LogP contribution in [0.1, 0.15) is 18.1 Å². The second-order valence-corrected chi connectivity index (χ2v) is 3.45. The lowest BCUT2D eigenvalue weighted by Crippen LogP contribution is -1.90. The van der Waals surface area contributed by atoms with E-state index in [4.69, 9.17) is 4.74 Å². The summed E-state index contributed by atoms with van der Waals surface area (Å²) >= 11 is 0. The highest BCUT2D eigenvalue weighted by molar-refractivity contribution is 5.86. The van der Waals surface area contributed by atoms with Crippen molar-refractivity contribution in [3.8, 4) is 0 Å². The molecule has 1 aromatic heterocycles. The van der Waals surface area contributed by atoms with Crippen LogP contribution in [0, 0.1) is 6.92 Å². The molecule has 2 rings (SSSR count). The van der Waals surface area contributed by atoms with Gasteiger partial charge in [-0.1, -0.05) is 12.1 Å². The van der Waals surface area contributed by atoms with Crippen LogP contribution in [-0.4, -0.2) is 11.6 Å². The Kier molecular flexibility index (Phi) is 2.55. The van der Waals surface area contributed by atoms with Crippen molar-refractivity contribution in [1.29, 1.82) is 0 Å². The van der Waals surface area contributed by atoms with Crippen molar-refractivity contribution in [2.24, 2.45) is 0 Å². The number of hydrogen-bond acceptors (Lipinski definition) is 1. The molecule has 0 unspecified atom stereocenters. The molecule has 2 nitrogen and oxygen atoms in total. The fourth-order valence-electron chi connectivity index (χ4n) is 1.78. The molecule has 1 heterocycles. The third-order valence-electron chi connectivity index (χ3n) is 2.46. The van der Waals surface area contributed by atoms with Crippen LogP contribution in [0.4, 0.5) is 0 Å². The van der Waals surface area contributed by atoms with Crippen molar-refractivity contribution in [1.82, 2.24) is 4.98 Å². The quantitative estimate of drug-likeness (QED) is 0.788. The molecule has 0 aliphatic rings. The molecule has 1 N–H and O–H groups in total. The lowest BCUT2D eigenvalue weighted by Gasteiger charge is -2.01. The molecule has 14 heavy (non-hydrogen) atoms. The Morgan fingerprint density at radius 3 is 3.00 bits per heavy atom. The summed E-state index contributed by atoms with van der Waals surface area (Å²) < 4.78 is 5.42. The first kappa shape index (κ1) is 9.28. The summed E-state index contributed by atoms with van der Waals surface area (Å²) in [5.41, 5.74) is 3.75. The second kappa shape index (κ2) is 3.84. The Balaban J connectivity index is 2.45. The Bertz CT molecular complexity index is 431. The maximum absolute atomic E-state index is 5.42. The van der Waals surface area contributed by atoms with Crippen molar-refractivity contribution in [2.75, 3.05) is 6.61 Å². The lowest BCUT2D eigenvalue weighted by molar-refractivity contribution is 0.135. The zero-order chi connectivity index (χ0) is 9.97. The smallest absolute Gasteiger partial charge is 0.0737 e. The number of ether oxygens (including phenoxy) is 1. The molecule has 0 fully saturated rings. The van der Waals surface area contributed by atoms with E-state index >= 15 is 0 Å². The van der Waals surface area contributed by atoms with E-state index in [1.54, 1.807) is 0 Å². The van der Waals surface area contributed by atoms with Gasteiger partial charge in [0.15, 0.2) is 0 Å². The summed E-state index contributed by atoms with van der Waals surface area (Å²) in [6.45, 7) is 5.60. The Morgan fingerprint density at radius 1 is 1.36 bits per heavy atom. The van der Waals surface area contributed by atoms with E-state index in [2.05, 4.69) is 30.1 Å². The van der Waals surface area contributed by atoms with Crippen molar-refractivity contribution in [3.05, 3.63) is 35.5 Å². The second-order valence-electron chi connectivity index (χ2n) is 3.45. The van der Waals surface area contributed by atoms with E-state index in [1.807, 2.05) is 13.1 Å². The van der Waals surface area contributed by atoms with Gasteiger partial charge in [0, 0.05) is 29.3 Å². The van der Waals surface area contributed by atoms with E-state index in [0.29, 0.717) is 6.61 Å². The summed E-state index contributed by atoms with van der Waals surface area (Å²) in [5.74, 6) is 0. The maximum Gasteiger partial charge on any atom is 0.0737 e. The van der Waals surface area contributed by atoms with E-state index in [-0.39, 0.29) is 0 Å². The topological polar surface area (TPSA) is 25.0 Å². The van der Waals surface area contributed by atoms with E-state index in [9.17, 15) is 0 Å². The first-order chi connectivity index (χ1) is 6.83. The van der Waals surface area contributed by atoms with Crippen LogP contribution < -0.4 is 0 Å². The van der Waals surface area contributed by atoms with Crippen molar-refractivity contribution < 1.29 is 4.74 Å². The predicted molar refractivity (Wildman–Crippen MR) is 58.4 cm³/mol. The van der Waals surface area contributed by atoms with Gasteiger partial charge in [-0.05, 0) is 25.5 Å². The van der Waals surface area contributed by atoms with Crippen molar-refractivity contribution >= 4 is 10.9 Å². The van der Waals surface area contributed by atoms with Crippen LogP contribution in [0.3, 0.4) is 0 Å². The number of rotatable bonds is 3. The van der Waals surface area contributed by atoms with Gasteiger partial charge in [0.05, 0.1) is 6.61 Å². The molecule has 2 aromatic rings. The highest BCUT2D eigenvalue weighted by atomic mass is 16.5. The van der Waals surface area contributed by atoms with Gasteiger partial charge in [-0.25, -0.2) is 0 Å². The van der Waals surface area contributed by atoms with Crippen LogP contribution in [0.15, 0.2) is 24.4 Å². The first-order valence-electron chi connectivity index (χ1n) is 4.96. The fourth-order valence-corrected chi connectivity index (χ4v) is 1.78. The minimum absolute atomic E-state index is 0.696. The number of aromatic nitrogens is 1. The third kappa shape index (κ3) is 1.53. The number of nitrogens with one attached hydrogen (secondary N) is 1. The van der Waals surface area contributed by atoms with E-state index < -0.39 is 0 Å². The molecule has 0 spiro atoms. The standard InChI is InChI=1S/C12H15NO/c1-3-14-8-10-7-13-11-6-4-5-9(2)12(10)11/h4-7,13H,3,8H2,1-2H3. The Hall–Kier alpha value is -1.28. The number of hydrogen-bond donors (Lipinski definition) is 1. The predicted octanol–water partition coefficient (Wildman–Crippen LogP) is 3.01. The molecule has 0 saturated heterocycles. The molecule has 1 aromatic carbocycles. The average Bonchev–Trinajstić information content (AvgIpc) is 2.59. The fraction of sp³-hybridized carbons (Fsp3) is 0.333. The van der Waals surface area contributed by atoms with Crippen LogP contribution in [0.2, 0.25) is 0 Å². The number of fused-ring (bicyclic) bond motifs is 1. The minimum atomic E-state index is 0.696. The average molecular weight is 189 g/mol. The van der Waals surface area contributed by atoms with Gasteiger partial charge in [-0.2, -0.15) is 0 Å². The van der Waals surface area contributed by atoms with E-state index in [0.717, 1.165) is 6.61 Å². The number of aromatic amines is 1. The summed E-state index contributed by atoms with van der Waals surface area (Å²) in [6, 6.07) is 6.29. The summed E-state index contributed by atoms with van der Waals surface area (Å²) in [5, 5.41) is 1.31. The van der Waals surface area contributed by atoms with Gasteiger partial charge in [-0.15, -0.1) is 0 Å². The molecule has 74 valence electrons. The number of aryl methyl sites for hydroxylation is 1. The monoisotopic (exact) mass is 189 g/mol. The molecular weight excluding hydrogens is 174 g/mol. The van der Waals surface area contributed by atoms with Gasteiger partial charge in [0.2, 0.25) is 0 Å². The van der Waals surface area contributed by atoms with Gasteiger partial charge < -0.3 is 9.72 Å². The van der Waals surface area contributed by atoms with Gasteiger partial charge in [0.1, 0.15) is 0 Å². The Morgan fingerprint density at radius 2 is 2.21 bits per heavy atom. The van der Waals surface area contributed by atoms with Gasteiger partial charge in [-0.3, -0.25) is 0 Å². The molecule has 0 saturated carbocycles. The first-order valence-corrected chi connectivity index (χ1v) is 4.96. The molecule has 0 atom stereocenters. The molecule has 0 bridgehead atoms. The highest BCUT2D eigenvalue weighted by Crippen LogP contribution is 2.22. The molecular formula is C12H15NO. The summed E-state index contributed by atoms with van der Waals surface area (Å²) in [6.07, 6.45) is 2.04. The Labute approximate surface area is 83.9 Å². The highest BCUT2D eigenvalue weighted by Gasteiger charge is 2.04. The zero-order valence-electron chi connectivity index (χ0n) is 8.63. The normalized spacial score (nSPS) is 11.0. The van der Waals surface area contributed by atoms with Crippen LogP contribution in [-0.2, 0) is 11.3 Å². The van der Waals surface area contributed by atoms with Gasteiger partial charge in [0.25, 0.3) is 0 Å². The third-order valence-corrected chi connectivity index (χ3v) is 2.46. The van der Waals surface area contributed by atoms with Crippen molar-refractivity contribution in [3.63, 3.8) is 0 Å². The SMILES string of the molecule is CCOCc1c[nH]c2cccc(C)c12. The van der Waals surface area contributed by atoms with E-state index in [1.165, 1.54) is 22.0 Å². The lowest BCUT2D eigenvalue weighted by atomic mass is 10.1. The van der Waals surface area contributed by atoms with Crippen LogP contribution in [0.5, 0.6) is 0 Å². The molecule has 0 aliphatic heterocycles. The summed E-state index contributed by atoms with van der Waals surface area (Å²) in [4.78, 5) is 3.26. The summed E-state index contributed by atoms with van der Waals surface area (Å²) in [7, 11) is 0. The maximum atomic E-state index is 5.42. The van der Waals surface area contributed by atoms with Gasteiger partial charge >= 0.3 is 0 Å². The number of benzene rings is 1. The minimum Gasteiger partial charge on any atom is -0.377 e. The molecule has 0 amide bonds. The molecule has 2 heteroatoms. The zero-order valence-corrected chi connectivity index (χ0v) is 8.63. The number of H-pyrrole nitrogens is 1. The molecule has 0 aliphatic carbocycles. The van der Waals surface area contributed by atoms with Crippen LogP contribution in [0.25, 0.3) is 10.9 Å². The largest absolute Gasteiger partial charge is 0.377 e. The molecule has 0 radical (unpaired) electrons. The van der Waals surface area contributed by atoms with Crippen LogP contribution >= 0.6 is 0 Å². The van der Waals surface area contributed by atoms with Crippen molar-refractivity contribution in [2.45, 2.75) is 20.5 Å².